The number of primary amides is 2. The van der Waals surface area contributed by atoms with E-state index in [1.54, 1.807) is 0 Å². The second-order valence-corrected chi connectivity index (χ2v) is 9.54. The molecule has 2 aromatic rings. The molecule has 2 rings (SSSR count). The summed E-state index contributed by atoms with van der Waals surface area (Å²) in [4.78, 5) is 20.7. The molecule has 0 aliphatic rings. The van der Waals surface area contributed by atoms with E-state index >= 15 is 0 Å². The Hall–Kier alpha value is -4.16. The predicted octanol–water partition coefficient (Wildman–Crippen LogP) is -1.79. The average Bonchev–Trinajstić information content (AvgIpc) is 2.78. The van der Waals surface area contributed by atoms with Gasteiger partial charge in [0, 0.05) is 0 Å². The summed E-state index contributed by atoms with van der Waals surface area (Å²) in [7, 11) is -9.44. The van der Waals surface area contributed by atoms with Crippen molar-refractivity contribution in [3.05, 3.63) is 71.4 Å². The number of benzene rings is 2. The molecule has 0 bridgehead atoms. The zero-order chi connectivity index (χ0) is 29.3. The van der Waals surface area contributed by atoms with E-state index in [2.05, 4.69) is 20.5 Å². The first-order valence-corrected chi connectivity index (χ1v) is 12.6. The van der Waals surface area contributed by atoms with Crippen LogP contribution in [-0.4, -0.2) is 48.0 Å². The van der Waals surface area contributed by atoms with Gasteiger partial charge in [-0.05, 0) is 38.1 Å². The number of nitrogens with zero attached hydrogens (tertiary/aromatic N) is 4. The van der Waals surface area contributed by atoms with Crippen molar-refractivity contribution in [2.45, 2.75) is 23.6 Å². The standard InChI is InChI=1S/2C10H11N3O5S.Cu.4H2O/c2*1-6(14)9(10(11)15)13-12-7-4-2-3-5-8(7)19(16,17)18;;;;;/h2*2-5,14H,1H3,(H2,11,15)(H,16,17,18);;4*1H2/q;;+2;;;;/p+2/b2*9-6+,13-12?;;;;;. The Kier molecular flexibility index (Phi) is 23.3. The SMILES string of the molecule is C/C(O)=C(\N=Nc1ccccc1S(=O)(=O)[O-])C(N)=O.C/C(O)=C(\N=Nc1ccccc1S(=O)(=O)[O-])C(N)=O.[Cu+2].[OH3+].[OH3+].[OH3+].[OH3+]. The molecule has 245 valence electrons. The van der Waals surface area contributed by atoms with Crippen LogP contribution in [0.1, 0.15) is 13.8 Å². The zero-order valence-electron chi connectivity index (χ0n) is 22.2. The Bertz CT molecular complexity index is 1450. The molecule has 2 amide bonds. The largest absolute Gasteiger partial charge is 2.00 e. The van der Waals surface area contributed by atoms with Crippen molar-refractivity contribution in [2.24, 2.45) is 31.9 Å². The molecule has 0 aliphatic heterocycles. The summed E-state index contributed by atoms with van der Waals surface area (Å²) in [6, 6.07) is 10.1. The molecule has 0 atom stereocenters. The second kappa shape index (κ2) is 20.7. The van der Waals surface area contributed by atoms with Crippen LogP contribution in [0.25, 0.3) is 0 Å². The van der Waals surface area contributed by atoms with Gasteiger partial charge in [-0.25, -0.2) is 16.8 Å². The molecule has 0 heterocycles. The number of hydrogen-bond acceptors (Lipinski definition) is 14. The fourth-order valence-corrected chi connectivity index (χ4v) is 3.53. The molecule has 43 heavy (non-hydrogen) atoms. The third kappa shape index (κ3) is 15.6. The molecule has 0 aromatic heterocycles. The molecule has 0 fully saturated rings. The van der Waals surface area contributed by atoms with Crippen LogP contribution >= 0.6 is 0 Å². The number of amides is 2. The summed E-state index contributed by atoms with van der Waals surface area (Å²) in [5.74, 6) is -3.02. The summed E-state index contributed by atoms with van der Waals surface area (Å²) >= 11 is 0. The topological polar surface area (TPSA) is 422 Å². The molecule has 23 heteroatoms. The minimum Gasteiger partial charge on any atom is -0.744 e. The van der Waals surface area contributed by atoms with Crippen molar-refractivity contribution in [2.75, 3.05) is 0 Å². The summed E-state index contributed by atoms with van der Waals surface area (Å²) < 4.78 is 65.7. The molecule has 0 aliphatic carbocycles. The first-order valence-electron chi connectivity index (χ1n) is 9.79. The number of rotatable bonds is 8. The fraction of sp³-hybridized carbons (Fsp3) is 0.100. The van der Waals surface area contributed by atoms with Gasteiger partial charge in [0.15, 0.2) is 11.4 Å². The van der Waals surface area contributed by atoms with Gasteiger partial charge in [0.1, 0.15) is 43.1 Å². The molecule has 0 saturated carbocycles. The summed E-state index contributed by atoms with van der Waals surface area (Å²) in [5.41, 5.74) is 8.31. The van der Waals surface area contributed by atoms with Crippen LogP contribution in [0.5, 0.6) is 0 Å². The molecule has 1 radical (unpaired) electrons. The monoisotopic (exact) mass is 707 g/mol. The summed E-state index contributed by atoms with van der Waals surface area (Å²) in [6.45, 7) is 2.32. The number of nitrogens with two attached hydrogens (primary N) is 2. The van der Waals surface area contributed by atoms with Gasteiger partial charge in [0.2, 0.25) is 0 Å². The first kappa shape index (κ1) is 48.6. The van der Waals surface area contributed by atoms with Crippen LogP contribution in [0.3, 0.4) is 0 Å². The molecule has 18 N–H and O–H groups in total. The Morgan fingerprint density at radius 3 is 1.12 bits per heavy atom. The number of aliphatic hydroxyl groups is 2. The van der Waals surface area contributed by atoms with Gasteiger partial charge < -0.3 is 52.7 Å². The van der Waals surface area contributed by atoms with Gasteiger partial charge in [-0.3, -0.25) is 9.59 Å². The van der Waals surface area contributed by atoms with Crippen molar-refractivity contribution in [1.29, 1.82) is 0 Å². The number of hydrogen-bond donors (Lipinski definition) is 4. The van der Waals surface area contributed by atoms with Crippen LogP contribution in [0, 0.1) is 0 Å². The normalized spacial score (nSPS) is 11.8. The zero-order valence-corrected chi connectivity index (χ0v) is 24.7. The van der Waals surface area contributed by atoms with E-state index in [4.69, 9.17) is 21.7 Å². The van der Waals surface area contributed by atoms with Gasteiger partial charge in [-0.1, -0.05) is 24.3 Å². The first-order chi connectivity index (χ1) is 17.5. The van der Waals surface area contributed by atoms with Crippen LogP contribution in [0.4, 0.5) is 11.4 Å². The number of allylic oxidation sites excluding steroid dienone is 2. The summed E-state index contributed by atoms with van der Waals surface area (Å²) in [6.07, 6.45) is 0. The van der Waals surface area contributed by atoms with E-state index in [0.717, 1.165) is 26.0 Å². The third-order valence-corrected chi connectivity index (χ3v) is 5.70. The maximum atomic E-state index is 11.0. The van der Waals surface area contributed by atoms with Gasteiger partial charge >= 0.3 is 17.1 Å². The Labute approximate surface area is 254 Å². The predicted molar refractivity (Wildman–Crippen MR) is 146 cm³/mol. The molecule has 0 spiro atoms. The maximum absolute atomic E-state index is 11.0. The third-order valence-electron chi connectivity index (χ3n) is 3.94. The van der Waals surface area contributed by atoms with Gasteiger partial charge in [0.25, 0.3) is 11.8 Å². The van der Waals surface area contributed by atoms with Gasteiger partial charge in [-0.15, -0.1) is 20.5 Å². The maximum Gasteiger partial charge on any atom is 2.00 e. The van der Waals surface area contributed by atoms with Gasteiger partial charge in [0.05, 0.1) is 9.79 Å². The van der Waals surface area contributed by atoms with E-state index in [9.17, 15) is 35.5 Å². The van der Waals surface area contributed by atoms with Crippen molar-refractivity contribution >= 4 is 43.4 Å². The van der Waals surface area contributed by atoms with E-state index in [1.807, 2.05) is 0 Å². The van der Waals surface area contributed by atoms with Gasteiger partial charge in [-0.2, -0.15) is 0 Å². The van der Waals surface area contributed by atoms with E-state index in [1.165, 1.54) is 36.4 Å². The van der Waals surface area contributed by atoms with Crippen LogP contribution in [0.2, 0.25) is 0 Å². The van der Waals surface area contributed by atoms with Crippen molar-refractivity contribution in [1.82, 2.24) is 0 Å². The molecular weight excluding hydrogens is 676 g/mol. The van der Waals surface area contributed by atoms with E-state index in [0.29, 0.717) is 0 Å². The fourth-order valence-electron chi connectivity index (χ4n) is 2.31. The molecule has 0 unspecified atom stereocenters. The Balaban J connectivity index is -0.000000201. The van der Waals surface area contributed by atoms with Crippen LogP contribution in [-0.2, 0) is 68.8 Å². The number of carbonyl (C=O) groups is 2. The smallest absolute Gasteiger partial charge is 0.744 e. The minimum atomic E-state index is -4.72. The van der Waals surface area contributed by atoms with Crippen molar-refractivity contribution in [3.63, 3.8) is 0 Å². The summed E-state index contributed by atoms with van der Waals surface area (Å²) in [5, 5.41) is 31.8. The minimum absolute atomic E-state index is 0. The molecule has 20 nitrogen and oxygen atoms in total. The quantitative estimate of drug-likeness (QED) is 0.0595. The van der Waals surface area contributed by atoms with E-state index in [-0.39, 0.29) is 50.3 Å². The van der Waals surface area contributed by atoms with Crippen molar-refractivity contribution in [3.8, 4) is 0 Å². The van der Waals surface area contributed by atoms with Crippen LogP contribution in [0.15, 0.2) is 102 Å². The molecular formula is C20H32CuN6O14S2+4. The van der Waals surface area contributed by atoms with E-state index < -0.39 is 64.8 Å². The number of aliphatic hydroxyl groups excluding tert-OH is 2. The second-order valence-electron chi connectivity index (χ2n) is 6.84. The number of azo groups is 2. The Morgan fingerprint density at radius 1 is 0.651 bits per heavy atom. The molecule has 0 saturated heterocycles. The average molecular weight is 708 g/mol. The Morgan fingerprint density at radius 2 is 0.907 bits per heavy atom. The van der Waals surface area contributed by atoms with Crippen LogP contribution < -0.4 is 11.5 Å². The van der Waals surface area contributed by atoms with Crippen molar-refractivity contribution < 1.29 is 84.7 Å². The molecule has 2 aromatic carbocycles. The number of carbonyl (C=O) groups excluding carboxylic acids is 2.